The van der Waals surface area contributed by atoms with Gasteiger partial charge in [0.25, 0.3) is 6.43 Å². The van der Waals surface area contributed by atoms with Crippen molar-refractivity contribution >= 4 is 5.82 Å². The van der Waals surface area contributed by atoms with E-state index in [0.29, 0.717) is 5.82 Å². The first kappa shape index (κ1) is 15.7. The molecule has 0 spiro atoms. The standard InChI is InChI=1S/C16H19F2N5/c1-12-2-3-19-9-13(12)10-22-4-6-23(7-5-22)15-8-14(16(17)18)20-11-21-15/h2-3,8-9,11,16H,4-7,10H2,1H3. The summed E-state index contributed by atoms with van der Waals surface area (Å²) in [5.41, 5.74) is 2.24. The number of anilines is 1. The average Bonchev–Trinajstić information content (AvgIpc) is 2.58. The van der Waals surface area contributed by atoms with Gasteiger partial charge in [-0.2, -0.15) is 0 Å². The molecule has 0 saturated carbocycles. The quantitative estimate of drug-likeness (QED) is 0.866. The van der Waals surface area contributed by atoms with Gasteiger partial charge in [0.1, 0.15) is 17.8 Å². The van der Waals surface area contributed by atoms with Crippen LogP contribution < -0.4 is 4.90 Å². The monoisotopic (exact) mass is 319 g/mol. The highest BCUT2D eigenvalue weighted by Crippen LogP contribution is 2.21. The molecule has 1 saturated heterocycles. The molecule has 0 atom stereocenters. The van der Waals surface area contributed by atoms with Crippen LogP contribution in [0, 0.1) is 6.92 Å². The molecule has 0 aliphatic carbocycles. The average molecular weight is 319 g/mol. The van der Waals surface area contributed by atoms with Gasteiger partial charge >= 0.3 is 0 Å². The Bertz CT molecular complexity index is 656. The number of aryl methyl sites for hydroxylation is 1. The zero-order valence-electron chi connectivity index (χ0n) is 13.0. The molecule has 2 aromatic rings. The molecule has 3 rings (SSSR count). The highest BCUT2D eigenvalue weighted by atomic mass is 19.3. The second kappa shape index (κ2) is 6.95. The Hall–Kier alpha value is -2.15. The first-order valence-electron chi connectivity index (χ1n) is 7.60. The van der Waals surface area contributed by atoms with Crippen molar-refractivity contribution in [3.05, 3.63) is 47.7 Å². The van der Waals surface area contributed by atoms with Crippen LogP contribution in [-0.2, 0) is 6.54 Å². The van der Waals surface area contributed by atoms with Crippen molar-refractivity contribution in [1.29, 1.82) is 0 Å². The van der Waals surface area contributed by atoms with Crippen molar-refractivity contribution in [3.8, 4) is 0 Å². The molecule has 0 radical (unpaired) electrons. The molecule has 23 heavy (non-hydrogen) atoms. The lowest BCUT2D eigenvalue weighted by Crippen LogP contribution is -2.46. The van der Waals surface area contributed by atoms with Crippen molar-refractivity contribution in [2.75, 3.05) is 31.1 Å². The van der Waals surface area contributed by atoms with E-state index >= 15 is 0 Å². The molecule has 0 bridgehead atoms. The fourth-order valence-electron chi connectivity index (χ4n) is 2.69. The number of piperazine rings is 1. The van der Waals surface area contributed by atoms with E-state index < -0.39 is 6.43 Å². The molecule has 0 unspecified atom stereocenters. The molecule has 5 nitrogen and oxygen atoms in total. The molecule has 0 N–H and O–H groups in total. The molecule has 1 fully saturated rings. The van der Waals surface area contributed by atoms with E-state index in [4.69, 9.17) is 0 Å². The van der Waals surface area contributed by atoms with Crippen molar-refractivity contribution in [2.24, 2.45) is 0 Å². The number of nitrogens with zero attached hydrogens (tertiary/aromatic N) is 5. The van der Waals surface area contributed by atoms with E-state index in [-0.39, 0.29) is 5.69 Å². The molecular weight excluding hydrogens is 300 g/mol. The van der Waals surface area contributed by atoms with Crippen LogP contribution >= 0.6 is 0 Å². The molecule has 122 valence electrons. The van der Waals surface area contributed by atoms with E-state index in [2.05, 4.69) is 26.8 Å². The number of hydrogen-bond donors (Lipinski definition) is 0. The largest absolute Gasteiger partial charge is 0.354 e. The second-order valence-corrected chi connectivity index (χ2v) is 5.67. The summed E-state index contributed by atoms with van der Waals surface area (Å²) in [4.78, 5) is 16.3. The number of alkyl halides is 2. The summed E-state index contributed by atoms with van der Waals surface area (Å²) in [6.45, 7) is 6.20. The lowest BCUT2D eigenvalue weighted by molar-refractivity contribution is 0.146. The van der Waals surface area contributed by atoms with Gasteiger partial charge in [0.05, 0.1) is 0 Å². The van der Waals surface area contributed by atoms with E-state index in [1.165, 1.54) is 23.5 Å². The molecular formula is C16H19F2N5. The van der Waals surface area contributed by atoms with Crippen molar-refractivity contribution < 1.29 is 8.78 Å². The van der Waals surface area contributed by atoms with Gasteiger partial charge in [0.15, 0.2) is 0 Å². The maximum Gasteiger partial charge on any atom is 0.280 e. The van der Waals surface area contributed by atoms with Gasteiger partial charge in [-0.25, -0.2) is 18.7 Å². The third-order valence-corrected chi connectivity index (χ3v) is 4.14. The topological polar surface area (TPSA) is 45.2 Å². The van der Waals surface area contributed by atoms with Crippen molar-refractivity contribution in [3.63, 3.8) is 0 Å². The minimum atomic E-state index is -2.56. The first-order chi connectivity index (χ1) is 11.1. The van der Waals surface area contributed by atoms with Crippen LogP contribution in [0.1, 0.15) is 23.2 Å². The summed E-state index contributed by atoms with van der Waals surface area (Å²) in [6.07, 6.45) is 2.35. The van der Waals surface area contributed by atoms with E-state index in [0.717, 1.165) is 32.7 Å². The van der Waals surface area contributed by atoms with E-state index in [1.54, 1.807) is 6.20 Å². The minimum absolute atomic E-state index is 0.219. The highest BCUT2D eigenvalue weighted by Gasteiger charge is 2.20. The summed E-state index contributed by atoms with van der Waals surface area (Å²) in [5, 5.41) is 0. The fourth-order valence-corrected chi connectivity index (χ4v) is 2.69. The maximum absolute atomic E-state index is 12.7. The number of rotatable bonds is 4. The van der Waals surface area contributed by atoms with E-state index in [1.807, 2.05) is 17.2 Å². The van der Waals surface area contributed by atoms with Crippen LogP contribution in [0.15, 0.2) is 30.9 Å². The molecule has 2 aromatic heterocycles. The third-order valence-electron chi connectivity index (χ3n) is 4.14. The third kappa shape index (κ3) is 3.79. The molecule has 0 amide bonds. The van der Waals surface area contributed by atoms with Crippen molar-refractivity contribution in [1.82, 2.24) is 19.9 Å². The lowest BCUT2D eigenvalue weighted by Gasteiger charge is -2.35. The van der Waals surface area contributed by atoms with E-state index in [9.17, 15) is 8.78 Å². The second-order valence-electron chi connectivity index (χ2n) is 5.67. The van der Waals surface area contributed by atoms with Gasteiger partial charge in [-0.3, -0.25) is 9.88 Å². The molecule has 1 aliphatic heterocycles. The summed E-state index contributed by atoms with van der Waals surface area (Å²) in [5.74, 6) is 0.576. The zero-order chi connectivity index (χ0) is 16.2. The Balaban J connectivity index is 1.60. The van der Waals surface area contributed by atoms with Gasteiger partial charge in [0, 0.05) is 51.2 Å². The van der Waals surface area contributed by atoms with Gasteiger partial charge < -0.3 is 4.90 Å². The van der Waals surface area contributed by atoms with Gasteiger partial charge in [-0.1, -0.05) is 0 Å². The Morgan fingerprint density at radius 1 is 1.17 bits per heavy atom. The normalized spacial score (nSPS) is 16.1. The zero-order valence-corrected chi connectivity index (χ0v) is 13.0. The van der Waals surface area contributed by atoms with Gasteiger partial charge in [0.2, 0.25) is 0 Å². The summed E-state index contributed by atoms with van der Waals surface area (Å²) in [7, 11) is 0. The first-order valence-corrected chi connectivity index (χ1v) is 7.60. The summed E-state index contributed by atoms with van der Waals surface area (Å²) < 4.78 is 25.5. The SMILES string of the molecule is Cc1ccncc1CN1CCN(c2cc(C(F)F)ncn2)CC1. The Morgan fingerprint density at radius 2 is 1.96 bits per heavy atom. The minimum Gasteiger partial charge on any atom is -0.354 e. The number of halogens is 2. The smallest absolute Gasteiger partial charge is 0.280 e. The molecule has 7 heteroatoms. The highest BCUT2D eigenvalue weighted by molar-refractivity contribution is 5.39. The van der Waals surface area contributed by atoms with Crippen LogP contribution in [-0.4, -0.2) is 46.0 Å². The number of hydrogen-bond acceptors (Lipinski definition) is 5. The number of pyridine rings is 1. The fraction of sp³-hybridized carbons (Fsp3) is 0.438. The molecule has 3 heterocycles. The van der Waals surface area contributed by atoms with Crippen molar-refractivity contribution in [2.45, 2.75) is 19.9 Å². The summed E-state index contributed by atoms with van der Waals surface area (Å²) >= 11 is 0. The Morgan fingerprint density at radius 3 is 2.65 bits per heavy atom. The van der Waals surface area contributed by atoms with Crippen LogP contribution in [0.25, 0.3) is 0 Å². The molecule has 1 aliphatic rings. The predicted molar refractivity (Wildman–Crippen MR) is 83.5 cm³/mol. The molecule has 0 aromatic carbocycles. The van der Waals surface area contributed by atoms with Gasteiger partial charge in [-0.05, 0) is 24.1 Å². The predicted octanol–water partition coefficient (Wildman–Crippen LogP) is 2.44. The van der Waals surface area contributed by atoms with Crippen LogP contribution in [0.3, 0.4) is 0 Å². The maximum atomic E-state index is 12.7. The Kier molecular flexibility index (Phi) is 4.76. The summed E-state index contributed by atoms with van der Waals surface area (Å²) in [6, 6.07) is 3.39. The van der Waals surface area contributed by atoms with Crippen LogP contribution in [0.4, 0.5) is 14.6 Å². The Labute approximate surface area is 134 Å². The van der Waals surface area contributed by atoms with Crippen LogP contribution in [0.5, 0.6) is 0 Å². The lowest BCUT2D eigenvalue weighted by atomic mass is 10.1. The van der Waals surface area contributed by atoms with Gasteiger partial charge in [-0.15, -0.1) is 0 Å². The van der Waals surface area contributed by atoms with Crippen LogP contribution in [0.2, 0.25) is 0 Å². The number of aromatic nitrogens is 3.